The number of amides is 1. The minimum Gasteiger partial charge on any atom is -0.461 e. The normalized spacial score (nSPS) is 21.9. The van der Waals surface area contributed by atoms with E-state index in [1.165, 1.54) is 0 Å². The highest BCUT2D eigenvalue weighted by atomic mass is 79.9. The van der Waals surface area contributed by atoms with Gasteiger partial charge in [0.05, 0.1) is 20.9 Å². The number of anilines is 1. The van der Waals surface area contributed by atoms with Gasteiger partial charge in [-0.15, -0.1) is 0 Å². The molecule has 1 aromatic carbocycles. The van der Waals surface area contributed by atoms with Gasteiger partial charge in [0, 0.05) is 10.9 Å². The monoisotopic (exact) mass is 442 g/mol. The summed E-state index contributed by atoms with van der Waals surface area (Å²) in [7, 11) is 0. The minimum atomic E-state index is -0.572. The van der Waals surface area contributed by atoms with Gasteiger partial charge in [0.15, 0.2) is 0 Å². The van der Waals surface area contributed by atoms with E-state index < -0.39 is 14.6 Å². The third-order valence-electron chi connectivity index (χ3n) is 4.18. The fourth-order valence-corrected chi connectivity index (χ4v) is 4.01. The fourth-order valence-electron chi connectivity index (χ4n) is 2.53. The predicted molar refractivity (Wildman–Crippen MR) is 96.2 cm³/mol. The second-order valence-corrected chi connectivity index (χ2v) is 9.58. The molecule has 0 radical (unpaired) electrons. The van der Waals surface area contributed by atoms with Crippen molar-refractivity contribution in [3.63, 3.8) is 0 Å². The lowest BCUT2D eigenvalue weighted by Crippen LogP contribution is -2.26. The van der Waals surface area contributed by atoms with Gasteiger partial charge in [0.2, 0.25) is 5.91 Å². The number of rotatable bonds is 4. The molecule has 0 saturated heterocycles. The van der Waals surface area contributed by atoms with Crippen molar-refractivity contribution in [3.05, 3.63) is 30.0 Å². The standard InChI is InChI=1S/C16H16Br2N2O3/c1-3-23-13(21)12-11(9-6-4-5-7-10(9)19-12)20-14(22)15(2)8-16(15,17)18/h4-7,19H,3,8H2,1-2H3,(H,20,22). The first-order valence-corrected chi connectivity index (χ1v) is 8.86. The molecule has 0 aliphatic heterocycles. The Morgan fingerprint density at radius 2 is 2.00 bits per heavy atom. The van der Waals surface area contributed by atoms with Gasteiger partial charge in [-0.2, -0.15) is 0 Å². The van der Waals surface area contributed by atoms with E-state index in [-0.39, 0.29) is 18.2 Å². The van der Waals surface area contributed by atoms with Crippen molar-refractivity contribution in [3.8, 4) is 0 Å². The third kappa shape index (κ3) is 2.70. The third-order valence-corrected chi connectivity index (χ3v) is 6.49. The molecule has 1 amide bonds. The van der Waals surface area contributed by atoms with E-state index >= 15 is 0 Å². The maximum absolute atomic E-state index is 12.6. The molecule has 122 valence electrons. The Kier molecular flexibility index (Phi) is 4.04. The number of alkyl halides is 2. The predicted octanol–water partition coefficient (Wildman–Crippen LogP) is 4.18. The van der Waals surface area contributed by atoms with Crippen molar-refractivity contribution < 1.29 is 14.3 Å². The maximum atomic E-state index is 12.6. The zero-order chi connectivity index (χ0) is 16.8. The highest BCUT2D eigenvalue weighted by Crippen LogP contribution is 2.66. The molecule has 3 rings (SSSR count). The molecular weight excluding hydrogens is 428 g/mol. The van der Waals surface area contributed by atoms with E-state index in [4.69, 9.17) is 4.74 Å². The number of fused-ring (bicyclic) bond motifs is 1. The van der Waals surface area contributed by atoms with Crippen LogP contribution in [0.5, 0.6) is 0 Å². The first-order chi connectivity index (χ1) is 10.8. The molecule has 5 nitrogen and oxygen atoms in total. The molecule has 1 aromatic heterocycles. The molecule has 7 heteroatoms. The molecule has 1 atom stereocenters. The molecule has 0 bridgehead atoms. The van der Waals surface area contributed by atoms with Gasteiger partial charge < -0.3 is 15.0 Å². The summed E-state index contributed by atoms with van der Waals surface area (Å²) in [6.07, 6.45) is 0.670. The molecule has 2 aromatic rings. The minimum absolute atomic E-state index is 0.151. The van der Waals surface area contributed by atoms with Gasteiger partial charge in [0.1, 0.15) is 5.69 Å². The molecule has 1 heterocycles. The van der Waals surface area contributed by atoms with Crippen molar-refractivity contribution in [2.75, 3.05) is 11.9 Å². The van der Waals surface area contributed by atoms with Gasteiger partial charge >= 0.3 is 5.97 Å². The van der Waals surface area contributed by atoms with E-state index in [0.29, 0.717) is 12.1 Å². The number of hydrogen-bond donors (Lipinski definition) is 2. The molecule has 2 N–H and O–H groups in total. The number of para-hydroxylation sites is 1. The number of esters is 1. The van der Waals surface area contributed by atoms with Crippen molar-refractivity contribution in [2.45, 2.75) is 23.5 Å². The van der Waals surface area contributed by atoms with Gasteiger partial charge in [-0.25, -0.2) is 4.79 Å². The SMILES string of the molecule is CCOC(=O)c1[nH]c2ccccc2c1NC(=O)C1(C)CC1(Br)Br. The second kappa shape index (κ2) is 5.63. The van der Waals surface area contributed by atoms with Crippen LogP contribution in [0.2, 0.25) is 0 Å². The van der Waals surface area contributed by atoms with Crippen LogP contribution >= 0.6 is 31.9 Å². The highest BCUT2D eigenvalue weighted by Gasteiger charge is 2.66. The summed E-state index contributed by atoms with van der Waals surface area (Å²) in [5.74, 6) is -0.634. The Morgan fingerprint density at radius 3 is 2.61 bits per heavy atom. The number of carbonyl (C=O) groups excluding carboxylic acids is 2. The summed E-state index contributed by atoms with van der Waals surface area (Å²) in [5, 5.41) is 3.68. The average molecular weight is 444 g/mol. The largest absolute Gasteiger partial charge is 0.461 e. The summed E-state index contributed by atoms with van der Waals surface area (Å²) >= 11 is 6.98. The van der Waals surface area contributed by atoms with Crippen molar-refractivity contribution in [1.82, 2.24) is 4.98 Å². The van der Waals surface area contributed by atoms with Gasteiger partial charge in [-0.1, -0.05) is 50.1 Å². The zero-order valence-corrected chi connectivity index (χ0v) is 15.9. The lowest BCUT2D eigenvalue weighted by atomic mass is 10.1. The number of halogens is 2. The van der Waals surface area contributed by atoms with Gasteiger partial charge in [0.25, 0.3) is 0 Å². The molecule has 23 heavy (non-hydrogen) atoms. The van der Waals surface area contributed by atoms with Crippen LogP contribution in [-0.2, 0) is 9.53 Å². The quantitative estimate of drug-likeness (QED) is 0.550. The first-order valence-electron chi connectivity index (χ1n) is 7.27. The second-order valence-electron chi connectivity index (χ2n) is 5.81. The lowest BCUT2D eigenvalue weighted by Gasteiger charge is -2.13. The molecule has 1 aliphatic carbocycles. The molecule has 1 fully saturated rings. The Hall–Kier alpha value is -1.34. The number of aromatic amines is 1. The summed E-state index contributed by atoms with van der Waals surface area (Å²) < 4.78 is 4.69. The van der Waals surface area contributed by atoms with Crippen LogP contribution in [0.4, 0.5) is 5.69 Å². The topological polar surface area (TPSA) is 71.2 Å². The van der Waals surface area contributed by atoms with Crippen LogP contribution in [0.25, 0.3) is 10.9 Å². The Bertz CT molecular complexity index is 800. The molecule has 1 aliphatic rings. The van der Waals surface area contributed by atoms with Crippen molar-refractivity contribution in [1.29, 1.82) is 0 Å². The van der Waals surface area contributed by atoms with Gasteiger partial charge in [-0.3, -0.25) is 4.79 Å². The number of ether oxygens (including phenoxy) is 1. The van der Waals surface area contributed by atoms with Crippen LogP contribution in [0.1, 0.15) is 30.8 Å². The van der Waals surface area contributed by atoms with Crippen LogP contribution in [0.15, 0.2) is 24.3 Å². The summed E-state index contributed by atoms with van der Waals surface area (Å²) in [6.45, 7) is 3.88. The first kappa shape index (κ1) is 16.5. The van der Waals surface area contributed by atoms with Crippen LogP contribution in [-0.4, -0.2) is 26.7 Å². The van der Waals surface area contributed by atoms with Crippen molar-refractivity contribution in [2.24, 2.45) is 5.41 Å². The number of nitrogens with one attached hydrogen (secondary N) is 2. The lowest BCUT2D eigenvalue weighted by molar-refractivity contribution is -0.120. The fraction of sp³-hybridized carbons (Fsp3) is 0.375. The zero-order valence-electron chi connectivity index (χ0n) is 12.7. The van der Waals surface area contributed by atoms with E-state index in [2.05, 4.69) is 42.2 Å². The summed E-state index contributed by atoms with van der Waals surface area (Å²) in [4.78, 5) is 27.9. The highest BCUT2D eigenvalue weighted by molar-refractivity contribution is 9.25. The smallest absolute Gasteiger partial charge is 0.356 e. The Balaban J connectivity index is 2.00. The van der Waals surface area contributed by atoms with Crippen molar-refractivity contribution >= 4 is 60.3 Å². The Morgan fingerprint density at radius 1 is 1.35 bits per heavy atom. The van der Waals surface area contributed by atoms with E-state index in [9.17, 15) is 9.59 Å². The molecular formula is C16H16Br2N2O3. The van der Waals surface area contributed by atoms with Crippen LogP contribution in [0, 0.1) is 5.41 Å². The summed E-state index contributed by atoms with van der Waals surface area (Å²) in [5.41, 5.74) is 0.932. The average Bonchev–Trinajstić information content (AvgIpc) is 2.87. The molecule has 1 unspecified atom stereocenters. The maximum Gasteiger partial charge on any atom is 0.356 e. The van der Waals surface area contributed by atoms with E-state index in [1.54, 1.807) is 6.92 Å². The Labute approximate surface area is 150 Å². The summed E-state index contributed by atoms with van der Waals surface area (Å²) in [6, 6.07) is 7.43. The molecule has 0 spiro atoms. The van der Waals surface area contributed by atoms with Crippen LogP contribution in [0.3, 0.4) is 0 Å². The number of benzene rings is 1. The van der Waals surface area contributed by atoms with Crippen LogP contribution < -0.4 is 5.32 Å². The van der Waals surface area contributed by atoms with E-state index in [0.717, 1.165) is 10.9 Å². The number of hydrogen-bond acceptors (Lipinski definition) is 3. The molecule has 1 saturated carbocycles. The van der Waals surface area contributed by atoms with E-state index in [1.807, 2.05) is 31.2 Å². The number of carbonyl (C=O) groups is 2. The van der Waals surface area contributed by atoms with Gasteiger partial charge in [-0.05, 0) is 26.3 Å². The number of aromatic nitrogens is 1. The number of H-pyrrole nitrogens is 1.